The molecule has 2 nitrogen and oxygen atoms in total. The van der Waals surface area contributed by atoms with Gasteiger partial charge in [0.05, 0.1) is 0 Å². The Morgan fingerprint density at radius 3 is 1.66 bits per heavy atom. The zero-order chi connectivity index (χ0) is 40.5. The zero-order valence-electron chi connectivity index (χ0n) is 39.3. The molecular weight excluding hydrogens is 681 g/mol. The second kappa shape index (κ2) is 20.7. The minimum absolute atomic E-state index is 0.0281. The second-order valence-electron chi connectivity index (χ2n) is 23.0. The molecule has 0 aromatic carbocycles. The highest BCUT2D eigenvalue weighted by Gasteiger charge is 2.68. The molecule has 4 fully saturated rings. The maximum Gasteiger partial charge on any atom is 0.306 e. The van der Waals surface area contributed by atoms with Gasteiger partial charge in [0.15, 0.2) is 0 Å². The summed E-state index contributed by atoms with van der Waals surface area (Å²) in [6.45, 7) is 23.2. The summed E-state index contributed by atoms with van der Waals surface area (Å²) in [6.07, 6.45) is 44.5. The number of ether oxygens (including phenoxy) is 1. The number of allylic oxidation sites excluding steroid dienone is 2. The van der Waals surface area contributed by atoms with Crippen LogP contribution in [0.2, 0.25) is 0 Å². The second-order valence-corrected chi connectivity index (χ2v) is 23.0. The molecule has 0 amide bonds. The third-order valence-corrected chi connectivity index (χ3v) is 19.1. The Labute approximate surface area is 350 Å². The van der Waals surface area contributed by atoms with Crippen LogP contribution >= 0.6 is 0 Å². The first-order chi connectivity index (χ1) is 26.7. The fraction of sp³-hybridized carbons (Fsp3) is 0.944. The first-order valence-corrected chi connectivity index (χ1v) is 25.6. The van der Waals surface area contributed by atoms with Gasteiger partial charge in [-0.1, -0.05) is 202 Å². The molecule has 0 spiro atoms. The number of rotatable bonds is 23. The molecule has 5 aliphatic rings. The van der Waals surface area contributed by atoms with Crippen LogP contribution in [-0.4, -0.2) is 12.1 Å². The highest BCUT2D eigenvalue weighted by Crippen LogP contribution is 2.75. The number of carbonyl (C=O) groups is 1. The molecule has 2 heteroatoms. The maximum atomic E-state index is 13.3. The van der Waals surface area contributed by atoms with Gasteiger partial charge in [0.1, 0.15) is 6.10 Å². The molecule has 5 rings (SSSR count). The van der Waals surface area contributed by atoms with Crippen molar-refractivity contribution in [3.8, 4) is 0 Å². The fourth-order valence-electron chi connectivity index (χ4n) is 15.0. The van der Waals surface area contributed by atoms with E-state index in [1.165, 1.54) is 180 Å². The van der Waals surface area contributed by atoms with E-state index in [-0.39, 0.29) is 17.5 Å². The van der Waals surface area contributed by atoms with Gasteiger partial charge in [-0.3, -0.25) is 4.79 Å². The van der Waals surface area contributed by atoms with Crippen LogP contribution < -0.4 is 0 Å². The molecule has 0 aliphatic heterocycles. The smallest absolute Gasteiger partial charge is 0.306 e. The Morgan fingerprint density at radius 1 is 0.607 bits per heavy atom. The third kappa shape index (κ3) is 10.2. The Morgan fingerprint density at radius 2 is 1.12 bits per heavy atom. The molecule has 324 valence electrons. The minimum atomic E-state index is 0.0281. The van der Waals surface area contributed by atoms with Gasteiger partial charge in [0.2, 0.25) is 0 Å². The lowest BCUT2D eigenvalue weighted by molar-refractivity contribution is -0.213. The van der Waals surface area contributed by atoms with E-state index in [4.69, 9.17) is 4.74 Å². The van der Waals surface area contributed by atoms with E-state index >= 15 is 0 Å². The first-order valence-electron chi connectivity index (χ1n) is 25.6. The third-order valence-electron chi connectivity index (χ3n) is 19.1. The summed E-state index contributed by atoms with van der Waals surface area (Å²) in [6, 6.07) is 0. The SMILES string of the molecule is CCCCCCCCCCCCCCCCCCCCCCCC(=O)O[C@H]1CC[C@]2(C)[C@H]3CC=C4[C@@H]5[C@@H](C)[C@H](C)CC[C@]5(C)CC[C@@]4(C)[C@]3(C)CC[C@H]2C1(C)C. The van der Waals surface area contributed by atoms with E-state index in [1.807, 2.05) is 5.57 Å². The van der Waals surface area contributed by atoms with Gasteiger partial charge in [-0.2, -0.15) is 0 Å². The number of esters is 1. The van der Waals surface area contributed by atoms with Gasteiger partial charge < -0.3 is 4.74 Å². The number of unbranched alkanes of at least 4 members (excludes halogenated alkanes) is 20. The van der Waals surface area contributed by atoms with E-state index in [0.29, 0.717) is 34.0 Å². The molecule has 0 aromatic heterocycles. The molecule has 0 bridgehead atoms. The highest BCUT2D eigenvalue weighted by atomic mass is 16.5. The van der Waals surface area contributed by atoms with Crippen LogP contribution in [0.3, 0.4) is 0 Å². The molecular formula is C54H96O2. The monoisotopic (exact) mass is 777 g/mol. The van der Waals surface area contributed by atoms with E-state index in [9.17, 15) is 4.79 Å². The van der Waals surface area contributed by atoms with Gasteiger partial charge >= 0.3 is 5.97 Å². The summed E-state index contributed by atoms with van der Waals surface area (Å²) in [7, 11) is 0. The van der Waals surface area contributed by atoms with E-state index in [2.05, 4.69) is 68.4 Å². The van der Waals surface area contributed by atoms with Gasteiger partial charge in [-0.25, -0.2) is 0 Å². The summed E-state index contributed by atoms with van der Waals surface area (Å²) in [5, 5.41) is 0. The summed E-state index contributed by atoms with van der Waals surface area (Å²) in [5.41, 5.74) is 3.39. The molecule has 0 N–H and O–H groups in total. The molecule has 4 saturated carbocycles. The number of fused-ring (bicyclic) bond motifs is 7. The van der Waals surface area contributed by atoms with Crippen molar-refractivity contribution in [2.24, 2.45) is 56.7 Å². The van der Waals surface area contributed by atoms with Gasteiger partial charge in [-0.05, 0) is 115 Å². The van der Waals surface area contributed by atoms with Gasteiger partial charge in [0, 0.05) is 11.8 Å². The predicted molar refractivity (Wildman–Crippen MR) is 242 cm³/mol. The van der Waals surface area contributed by atoms with Crippen LogP contribution in [0, 0.1) is 56.7 Å². The topological polar surface area (TPSA) is 26.3 Å². The first kappa shape index (κ1) is 46.3. The number of hydrogen-bond acceptors (Lipinski definition) is 2. The van der Waals surface area contributed by atoms with Crippen LogP contribution in [0.25, 0.3) is 0 Å². The summed E-state index contributed by atoms with van der Waals surface area (Å²) < 4.78 is 6.45. The summed E-state index contributed by atoms with van der Waals surface area (Å²) in [5.74, 6) is 3.81. The van der Waals surface area contributed by atoms with Crippen molar-refractivity contribution >= 4 is 5.97 Å². The molecule has 10 atom stereocenters. The van der Waals surface area contributed by atoms with Crippen molar-refractivity contribution in [1.82, 2.24) is 0 Å². The van der Waals surface area contributed by atoms with Crippen molar-refractivity contribution in [3.05, 3.63) is 11.6 Å². The molecule has 0 heterocycles. The highest BCUT2D eigenvalue weighted by molar-refractivity contribution is 5.69. The van der Waals surface area contributed by atoms with Crippen LogP contribution in [0.5, 0.6) is 0 Å². The normalized spacial score (nSPS) is 37.5. The standard InChI is InChI=1S/C54H96O2/c1-10-11-12-13-14-15-16-17-18-19-20-21-22-23-24-25-26-27-28-29-30-31-48(55)56-47-36-38-52(7)45(50(47,4)5)35-39-54(9)46(52)33-32-44-49-43(3)42(2)34-37-51(49,6)40-41-53(44,54)8/h32,42-43,45-47,49H,10-31,33-41H2,1-9H3/t42-,43+,45+,46-,47+,49+,51-,52+,53-,54-/m1/s1. The largest absolute Gasteiger partial charge is 0.462 e. The lowest BCUT2D eigenvalue weighted by atomic mass is 9.33. The van der Waals surface area contributed by atoms with Gasteiger partial charge in [0.25, 0.3) is 0 Å². The molecule has 56 heavy (non-hydrogen) atoms. The Kier molecular flexibility index (Phi) is 17.1. The average molecular weight is 777 g/mol. The van der Waals surface area contributed by atoms with E-state index in [0.717, 1.165) is 36.5 Å². The molecule has 0 aromatic rings. The minimum Gasteiger partial charge on any atom is -0.462 e. The average Bonchev–Trinajstić information content (AvgIpc) is 3.15. The van der Waals surface area contributed by atoms with E-state index in [1.54, 1.807) is 0 Å². The summed E-state index contributed by atoms with van der Waals surface area (Å²) >= 11 is 0. The Balaban J connectivity index is 0.957. The molecule has 5 aliphatic carbocycles. The molecule has 0 saturated heterocycles. The van der Waals surface area contributed by atoms with Crippen molar-refractivity contribution in [2.75, 3.05) is 0 Å². The van der Waals surface area contributed by atoms with Crippen LogP contribution in [0.4, 0.5) is 0 Å². The van der Waals surface area contributed by atoms with E-state index < -0.39 is 0 Å². The van der Waals surface area contributed by atoms with Crippen molar-refractivity contribution in [3.63, 3.8) is 0 Å². The van der Waals surface area contributed by atoms with Gasteiger partial charge in [-0.15, -0.1) is 0 Å². The van der Waals surface area contributed by atoms with Crippen molar-refractivity contribution in [2.45, 2.75) is 267 Å². The quantitative estimate of drug-likeness (QED) is 0.0587. The van der Waals surface area contributed by atoms with Crippen LogP contribution in [0.15, 0.2) is 11.6 Å². The lowest BCUT2D eigenvalue weighted by Crippen LogP contribution is -2.65. The summed E-state index contributed by atoms with van der Waals surface area (Å²) in [4.78, 5) is 13.3. The van der Waals surface area contributed by atoms with Crippen LogP contribution in [0.1, 0.15) is 261 Å². The fourth-order valence-corrected chi connectivity index (χ4v) is 15.0. The number of carbonyl (C=O) groups excluding carboxylic acids is 1. The zero-order valence-corrected chi connectivity index (χ0v) is 39.3. The van der Waals surface area contributed by atoms with Crippen LogP contribution in [-0.2, 0) is 9.53 Å². The Bertz CT molecular complexity index is 1230. The molecule has 0 radical (unpaired) electrons. The number of hydrogen-bond donors (Lipinski definition) is 0. The van der Waals surface area contributed by atoms with Crippen molar-refractivity contribution in [1.29, 1.82) is 0 Å². The Hall–Kier alpha value is -0.790. The maximum absolute atomic E-state index is 13.3. The molecule has 0 unspecified atom stereocenters. The predicted octanol–water partition coefficient (Wildman–Crippen LogP) is 17.2. The lowest BCUT2D eigenvalue weighted by Gasteiger charge is -2.71. The van der Waals surface area contributed by atoms with Crippen molar-refractivity contribution < 1.29 is 9.53 Å².